The van der Waals surface area contributed by atoms with Gasteiger partial charge in [-0.25, -0.2) is 4.68 Å². The van der Waals surface area contributed by atoms with Crippen molar-refractivity contribution in [2.75, 3.05) is 33.4 Å². The molecule has 0 atom stereocenters. The number of benzene rings is 1. The van der Waals surface area contributed by atoms with Crippen molar-refractivity contribution in [1.82, 2.24) is 19.9 Å². The molecule has 0 radical (unpaired) electrons. The number of aromatic nitrogens is 3. The average Bonchev–Trinajstić information content (AvgIpc) is 3.37. The standard InChI is InChI=1S/C20H26N4O3/c1-26-7-8-27-18-4-2-3-15(9-18)11-23-12-16(13-23)10-20(25)19-14-24(22-21-19)17-5-6-17/h2-4,9,14,16-17H,5-8,10-13H2,1H3. The molecule has 0 bridgehead atoms. The highest BCUT2D eigenvalue weighted by Crippen LogP contribution is 2.34. The molecule has 2 heterocycles. The van der Waals surface area contributed by atoms with Gasteiger partial charge in [0.15, 0.2) is 5.78 Å². The van der Waals surface area contributed by atoms with Gasteiger partial charge in [0.05, 0.1) is 18.8 Å². The van der Waals surface area contributed by atoms with Gasteiger partial charge in [-0.2, -0.15) is 0 Å². The number of ether oxygens (including phenoxy) is 2. The summed E-state index contributed by atoms with van der Waals surface area (Å²) in [5.41, 5.74) is 1.74. The van der Waals surface area contributed by atoms with E-state index in [0.29, 0.717) is 37.3 Å². The maximum atomic E-state index is 12.4. The third-order valence-electron chi connectivity index (χ3n) is 5.08. The van der Waals surface area contributed by atoms with E-state index in [1.54, 1.807) is 7.11 Å². The van der Waals surface area contributed by atoms with Gasteiger partial charge in [-0.1, -0.05) is 17.3 Å². The van der Waals surface area contributed by atoms with Crippen LogP contribution in [0.2, 0.25) is 0 Å². The number of Topliss-reactive ketones (excluding diaryl/α,β-unsaturated/α-hetero) is 1. The van der Waals surface area contributed by atoms with Crippen molar-refractivity contribution in [3.05, 3.63) is 41.7 Å². The lowest BCUT2D eigenvalue weighted by Crippen LogP contribution is -2.46. The van der Waals surface area contributed by atoms with Crippen molar-refractivity contribution in [2.45, 2.75) is 31.8 Å². The van der Waals surface area contributed by atoms with Crippen molar-refractivity contribution >= 4 is 5.78 Å². The van der Waals surface area contributed by atoms with Crippen LogP contribution in [0, 0.1) is 5.92 Å². The number of methoxy groups -OCH3 is 1. The molecule has 1 aromatic carbocycles. The van der Waals surface area contributed by atoms with E-state index in [2.05, 4.69) is 27.3 Å². The average molecular weight is 370 g/mol. The number of likely N-dealkylation sites (tertiary alicyclic amines) is 1. The number of carbonyl (C=O) groups excluding carboxylic acids is 1. The Bertz CT molecular complexity index is 781. The topological polar surface area (TPSA) is 69.5 Å². The Kier molecular flexibility index (Phi) is 5.50. The second kappa shape index (κ2) is 8.19. The van der Waals surface area contributed by atoms with Crippen LogP contribution in [0.25, 0.3) is 0 Å². The van der Waals surface area contributed by atoms with Gasteiger partial charge in [-0.15, -0.1) is 5.10 Å². The Labute approximate surface area is 159 Å². The SMILES string of the molecule is COCCOc1cccc(CN2CC(CC(=O)c3cn(C4CC4)nn3)C2)c1. The van der Waals surface area contributed by atoms with E-state index in [-0.39, 0.29) is 5.78 Å². The van der Waals surface area contributed by atoms with Gasteiger partial charge in [0.2, 0.25) is 0 Å². The van der Waals surface area contributed by atoms with Crippen LogP contribution in [0.15, 0.2) is 30.5 Å². The Hall–Kier alpha value is -2.25. The summed E-state index contributed by atoms with van der Waals surface area (Å²) < 4.78 is 12.5. The maximum Gasteiger partial charge on any atom is 0.185 e. The minimum absolute atomic E-state index is 0.111. The zero-order chi connectivity index (χ0) is 18.6. The van der Waals surface area contributed by atoms with Crippen LogP contribution in [0.3, 0.4) is 0 Å². The lowest BCUT2D eigenvalue weighted by Gasteiger charge is -2.39. The predicted molar refractivity (Wildman–Crippen MR) is 99.8 cm³/mol. The summed E-state index contributed by atoms with van der Waals surface area (Å²) in [4.78, 5) is 14.7. The van der Waals surface area contributed by atoms with Crippen LogP contribution in [0.5, 0.6) is 5.75 Å². The Morgan fingerprint density at radius 1 is 1.26 bits per heavy atom. The molecule has 7 nitrogen and oxygen atoms in total. The number of hydrogen-bond donors (Lipinski definition) is 0. The molecule has 1 aliphatic carbocycles. The molecule has 1 aliphatic heterocycles. The molecule has 2 fully saturated rings. The van der Waals surface area contributed by atoms with E-state index < -0.39 is 0 Å². The third kappa shape index (κ3) is 4.73. The van der Waals surface area contributed by atoms with E-state index in [1.807, 2.05) is 23.0 Å². The molecule has 1 saturated carbocycles. The summed E-state index contributed by atoms with van der Waals surface area (Å²) >= 11 is 0. The van der Waals surface area contributed by atoms with Crippen molar-refractivity contribution in [2.24, 2.45) is 5.92 Å². The fourth-order valence-corrected chi connectivity index (χ4v) is 3.46. The lowest BCUT2D eigenvalue weighted by atomic mass is 9.93. The zero-order valence-corrected chi connectivity index (χ0v) is 15.7. The molecule has 0 unspecified atom stereocenters. The van der Waals surface area contributed by atoms with Crippen LogP contribution in [-0.4, -0.2) is 59.1 Å². The molecule has 2 aliphatic rings. The first-order valence-corrected chi connectivity index (χ1v) is 9.59. The largest absolute Gasteiger partial charge is 0.491 e. The molecule has 27 heavy (non-hydrogen) atoms. The van der Waals surface area contributed by atoms with Crippen molar-refractivity contribution in [3.8, 4) is 5.75 Å². The molecule has 0 amide bonds. The first kappa shape index (κ1) is 18.1. The highest BCUT2D eigenvalue weighted by atomic mass is 16.5. The molecule has 1 aromatic heterocycles. The Morgan fingerprint density at radius 3 is 2.89 bits per heavy atom. The second-order valence-corrected chi connectivity index (χ2v) is 7.49. The summed E-state index contributed by atoms with van der Waals surface area (Å²) in [5, 5.41) is 8.11. The molecule has 7 heteroatoms. The van der Waals surface area contributed by atoms with Crippen molar-refractivity contribution in [1.29, 1.82) is 0 Å². The van der Waals surface area contributed by atoms with Gasteiger partial charge in [0.25, 0.3) is 0 Å². The number of carbonyl (C=O) groups is 1. The van der Waals surface area contributed by atoms with Gasteiger partial charge in [0.1, 0.15) is 18.1 Å². The van der Waals surface area contributed by atoms with Crippen LogP contribution in [-0.2, 0) is 11.3 Å². The molecule has 1 saturated heterocycles. The minimum atomic E-state index is 0.111. The Balaban J connectivity index is 1.21. The highest BCUT2D eigenvalue weighted by molar-refractivity contribution is 5.94. The first-order valence-electron chi connectivity index (χ1n) is 9.59. The lowest BCUT2D eigenvalue weighted by molar-refractivity contribution is 0.0701. The fraction of sp³-hybridized carbons (Fsp3) is 0.550. The van der Waals surface area contributed by atoms with Crippen LogP contribution in [0.1, 0.15) is 41.4 Å². The fourth-order valence-electron chi connectivity index (χ4n) is 3.46. The first-order chi connectivity index (χ1) is 13.2. The van der Waals surface area contributed by atoms with Crippen molar-refractivity contribution < 1.29 is 14.3 Å². The van der Waals surface area contributed by atoms with Gasteiger partial charge < -0.3 is 9.47 Å². The van der Waals surface area contributed by atoms with Gasteiger partial charge in [-0.3, -0.25) is 9.69 Å². The van der Waals surface area contributed by atoms with Gasteiger partial charge in [-0.05, 0) is 36.5 Å². The van der Waals surface area contributed by atoms with Crippen molar-refractivity contribution in [3.63, 3.8) is 0 Å². The second-order valence-electron chi connectivity index (χ2n) is 7.49. The molecular formula is C20H26N4O3. The van der Waals surface area contributed by atoms with E-state index in [4.69, 9.17) is 9.47 Å². The molecule has 2 aromatic rings. The summed E-state index contributed by atoms with van der Waals surface area (Å²) in [7, 11) is 1.67. The Morgan fingerprint density at radius 2 is 2.11 bits per heavy atom. The number of ketones is 1. The summed E-state index contributed by atoms with van der Waals surface area (Å²) in [6.07, 6.45) is 4.66. The third-order valence-corrected chi connectivity index (χ3v) is 5.08. The molecule has 0 spiro atoms. The normalized spacial score (nSPS) is 17.7. The molecule has 144 valence electrons. The number of nitrogens with zero attached hydrogens (tertiary/aromatic N) is 4. The molecule has 0 N–H and O–H groups in total. The van der Waals surface area contributed by atoms with Crippen LogP contribution < -0.4 is 4.74 Å². The molecule has 4 rings (SSSR count). The summed E-state index contributed by atoms with van der Waals surface area (Å²) in [6, 6.07) is 8.63. The quantitative estimate of drug-likeness (QED) is 0.472. The van der Waals surface area contributed by atoms with Gasteiger partial charge in [0, 0.05) is 33.2 Å². The van der Waals surface area contributed by atoms with E-state index in [1.165, 1.54) is 5.56 Å². The van der Waals surface area contributed by atoms with E-state index in [9.17, 15) is 4.79 Å². The smallest absolute Gasteiger partial charge is 0.185 e. The van der Waals surface area contributed by atoms with E-state index in [0.717, 1.165) is 38.2 Å². The summed E-state index contributed by atoms with van der Waals surface area (Å²) in [6.45, 7) is 3.90. The molecular weight excluding hydrogens is 344 g/mol. The maximum absolute atomic E-state index is 12.4. The number of rotatable bonds is 10. The minimum Gasteiger partial charge on any atom is -0.491 e. The monoisotopic (exact) mass is 370 g/mol. The summed E-state index contributed by atoms with van der Waals surface area (Å²) in [5.74, 6) is 1.39. The zero-order valence-electron chi connectivity index (χ0n) is 15.7. The van der Waals surface area contributed by atoms with Crippen LogP contribution >= 0.6 is 0 Å². The number of hydrogen-bond acceptors (Lipinski definition) is 6. The van der Waals surface area contributed by atoms with Crippen LogP contribution in [0.4, 0.5) is 0 Å². The van der Waals surface area contributed by atoms with Gasteiger partial charge >= 0.3 is 0 Å². The predicted octanol–water partition coefficient (Wildman–Crippen LogP) is 2.34. The van der Waals surface area contributed by atoms with E-state index >= 15 is 0 Å². The highest BCUT2D eigenvalue weighted by Gasteiger charge is 2.30.